The molecule has 1 fully saturated rings. The van der Waals surface area contributed by atoms with Crippen LogP contribution in [-0.2, 0) is 31.6 Å². The van der Waals surface area contributed by atoms with Gasteiger partial charge in [-0.15, -0.1) is 4.73 Å². The molecule has 2 rings (SSSR count). The van der Waals surface area contributed by atoms with E-state index in [1.54, 1.807) is 0 Å². The van der Waals surface area contributed by atoms with E-state index >= 15 is 0 Å². The largest absolute Gasteiger partial charge is 0.562 e. The molecule has 0 saturated carbocycles. The van der Waals surface area contributed by atoms with Crippen molar-refractivity contribution in [3.8, 4) is 0 Å². The lowest BCUT2D eigenvalue weighted by Gasteiger charge is -2.27. The zero-order valence-electron chi connectivity index (χ0n) is 15.3. The lowest BCUT2D eigenvalue weighted by Crippen LogP contribution is -2.35. The van der Waals surface area contributed by atoms with E-state index < -0.39 is 60.4 Å². The lowest BCUT2D eigenvalue weighted by atomic mass is 10.2. The van der Waals surface area contributed by atoms with Crippen LogP contribution in [0.4, 0.5) is 5.82 Å². The predicted octanol–water partition coefficient (Wildman–Crippen LogP) is -2.30. The van der Waals surface area contributed by atoms with Crippen molar-refractivity contribution in [2.45, 2.75) is 31.5 Å². The molecule has 2 heterocycles. The van der Waals surface area contributed by atoms with Crippen molar-refractivity contribution in [2.75, 3.05) is 12.3 Å². The number of nitrogens with two attached hydrogens (primary N) is 1. The Morgan fingerprint density at radius 1 is 1.32 bits per heavy atom. The highest BCUT2D eigenvalue weighted by atomic mass is 31.3. The van der Waals surface area contributed by atoms with Crippen LogP contribution in [0.5, 0.6) is 0 Å². The van der Waals surface area contributed by atoms with Crippen LogP contribution >= 0.6 is 23.5 Å². The fraction of sp³-hybridized carbons (Fsp3) is 0.600. The van der Waals surface area contributed by atoms with Gasteiger partial charge in [0.05, 0.1) is 25.3 Å². The maximum absolute atomic E-state index is 13.0. The van der Waals surface area contributed by atoms with Gasteiger partial charge in [-0.1, -0.05) is 0 Å². The van der Waals surface area contributed by atoms with Crippen molar-refractivity contribution in [1.29, 1.82) is 0 Å². The number of nitrogen functional groups attached to an aromatic ring is 1. The van der Waals surface area contributed by atoms with Crippen LogP contribution in [-0.4, -0.2) is 64.5 Å². The van der Waals surface area contributed by atoms with Gasteiger partial charge in [-0.3, -0.25) is 0 Å². The standard InChI is InChI=1S/C10H18N3O15P3/c1-5-3-13(9(16)12-8(5)11)26-31(23,28-30(21,22)27-29(18,19)20)25-10(17)2-6(15)7(4-14)24-10/h3,6-7,14-15,17H,2,4H2,1H3,(H,21,22)(H2,11,12,16)(H2,18,19,20)/t6-,7+,10-,31?/m0/s1. The van der Waals surface area contributed by atoms with Gasteiger partial charge < -0.3 is 45.1 Å². The molecule has 178 valence electrons. The van der Waals surface area contributed by atoms with Gasteiger partial charge in [-0.25, -0.2) is 23.0 Å². The van der Waals surface area contributed by atoms with Crippen LogP contribution in [0.25, 0.3) is 0 Å². The van der Waals surface area contributed by atoms with Gasteiger partial charge in [-0.05, 0) is 6.92 Å². The van der Waals surface area contributed by atoms with Crippen LogP contribution in [0.2, 0.25) is 0 Å². The number of aliphatic hydroxyl groups excluding tert-OH is 2. The van der Waals surface area contributed by atoms with E-state index in [0.717, 1.165) is 6.20 Å². The molecule has 1 aliphatic rings. The van der Waals surface area contributed by atoms with Crippen molar-refractivity contribution in [3.63, 3.8) is 0 Å². The second-order valence-corrected chi connectivity index (χ2v) is 10.4. The highest BCUT2D eigenvalue weighted by molar-refractivity contribution is 7.66. The second-order valence-electron chi connectivity index (χ2n) is 5.98. The molecule has 0 aliphatic carbocycles. The average Bonchev–Trinajstić information content (AvgIpc) is 2.82. The molecule has 0 radical (unpaired) electrons. The van der Waals surface area contributed by atoms with E-state index in [1.165, 1.54) is 6.92 Å². The summed E-state index contributed by atoms with van der Waals surface area (Å²) < 4.78 is 57.1. The summed E-state index contributed by atoms with van der Waals surface area (Å²) in [6.45, 7) is 0.469. The van der Waals surface area contributed by atoms with E-state index in [9.17, 15) is 33.6 Å². The van der Waals surface area contributed by atoms with Gasteiger partial charge in [0.2, 0.25) is 0 Å². The normalized spacial score (nSPS) is 28.1. The molecule has 1 aliphatic heterocycles. The maximum atomic E-state index is 13.0. The number of aromatic nitrogens is 2. The van der Waals surface area contributed by atoms with Gasteiger partial charge in [0.15, 0.2) is 0 Å². The van der Waals surface area contributed by atoms with Gasteiger partial charge in [0, 0.05) is 5.56 Å². The number of rotatable bonds is 9. The minimum Gasteiger partial charge on any atom is -0.394 e. The quantitative estimate of drug-likeness (QED) is 0.135. The van der Waals surface area contributed by atoms with Crippen molar-refractivity contribution in [1.82, 2.24) is 9.71 Å². The number of ether oxygens (including phenoxy) is 1. The number of hydrogen-bond acceptors (Lipinski definition) is 14. The molecule has 1 saturated heterocycles. The monoisotopic (exact) mass is 513 g/mol. The molecule has 2 unspecified atom stereocenters. The molecule has 18 nitrogen and oxygen atoms in total. The molecule has 0 spiro atoms. The first-order valence-corrected chi connectivity index (χ1v) is 12.3. The first-order valence-electron chi connectivity index (χ1n) is 7.83. The molecule has 8 N–H and O–H groups in total. The van der Waals surface area contributed by atoms with E-state index in [1.807, 2.05) is 0 Å². The van der Waals surface area contributed by atoms with E-state index in [2.05, 4.69) is 22.8 Å². The molecular formula is C10H18N3O15P3. The Bertz CT molecular complexity index is 1020. The van der Waals surface area contributed by atoms with Crippen LogP contribution in [0, 0.1) is 6.92 Å². The van der Waals surface area contributed by atoms with Crippen molar-refractivity contribution in [2.24, 2.45) is 0 Å². The molecule has 31 heavy (non-hydrogen) atoms. The van der Waals surface area contributed by atoms with E-state index in [0.29, 0.717) is 0 Å². The summed E-state index contributed by atoms with van der Waals surface area (Å²) in [5, 5.41) is 29.0. The summed E-state index contributed by atoms with van der Waals surface area (Å²) in [6.07, 6.45) is -3.17. The van der Waals surface area contributed by atoms with Gasteiger partial charge in [0.25, 0.3) is 5.97 Å². The Kier molecular flexibility index (Phi) is 7.52. The Balaban J connectivity index is 2.43. The van der Waals surface area contributed by atoms with Crippen LogP contribution in [0.1, 0.15) is 12.0 Å². The summed E-state index contributed by atoms with van der Waals surface area (Å²) >= 11 is 0. The fourth-order valence-corrected chi connectivity index (χ4v) is 5.74. The highest BCUT2D eigenvalue weighted by Crippen LogP contribution is 2.68. The third-order valence-corrected chi connectivity index (χ3v) is 7.57. The summed E-state index contributed by atoms with van der Waals surface area (Å²) in [4.78, 5) is 42.0. The molecule has 5 atom stereocenters. The predicted molar refractivity (Wildman–Crippen MR) is 94.5 cm³/mol. The number of aryl methyl sites for hydroxylation is 1. The molecule has 0 amide bonds. The number of anilines is 1. The lowest BCUT2D eigenvalue weighted by molar-refractivity contribution is -0.316. The molecule has 1 aromatic heterocycles. The Morgan fingerprint density at radius 3 is 2.45 bits per heavy atom. The zero-order chi connectivity index (χ0) is 23.8. The molecule has 0 bridgehead atoms. The minimum atomic E-state index is -5.95. The van der Waals surface area contributed by atoms with Crippen molar-refractivity contribution in [3.05, 3.63) is 22.2 Å². The van der Waals surface area contributed by atoms with E-state index in [-0.39, 0.29) is 16.1 Å². The third-order valence-electron chi connectivity index (χ3n) is 3.39. The van der Waals surface area contributed by atoms with Gasteiger partial charge >= 0.3 is 29.2 Å². The first-order chi connectivity index (χ1) is 14.0. The van der Waals surface area contributed by atoms with Crippen LogP contribution in [0.15, 0.2) is 11.0 Å². The summed E-state index contributed by atoms with van der Waals surface area (Å²) in [6, 6.07) is 0. The third kappa shape index (κ3) is 7.13. The Morgan fingerprint density at radius 2 is 1.94 bits per heavy atom. The van der Waals surface area contributed by atoms with E-state index in [4.69, 9.17) is 25.4 Å². The average molecular weight is 513 g/mol. The maximum Gasteiger partial charge on any atom is 0.562 e. The van der Waals surface area contributed by atoms with Gasteiger partial charge in [0.1, 0.15) is 11.9 Å². The molecular weight excluding hydrogens is 495 g/mol. The summed E-state index contributed by atoms with van der Waals surface area (Å²) in [5.74, 6) is -3.35. The zero-order valence-corrected chi connectivity index (χ0v) is 18.0. The number of nitrogens with zero attached hydrogens (tertiary/aromatic N) is 2. The van der Waals surface area contributed by atoms with Crippen molar-refractivity contribution >= 4 is 29.3 Å². The molecule has 21 heteroatoms. The van der Waals surface area contributed by atoms with Crippen LogP contribution in [0.3, 0.4) is 0 Å². The van der Waals surface area contributed by atoms with Crippen molar-refractivity contribution < 1.29 is 66.2 Å². The van der Waals surface area contributed by atoms with Crippen LogP contribution < -0.4 is 16.0 Å². The Hall–Kier alpha value is -1.23. The summed E-state index contributed by atoms with van der Waals surface area (Å²) in [7, 11) is -17.4. The Labute approximate surface area is 172 Å². The topological polar surface area (TPSA) is 280 Å². The number of aliphatic hydroxyl groups is 3. The second kappa shape index (κ2) is 8.96. The highest BCUT2D eigenvalue weighted by Gasteiger charge is 2.55. The first kappa shape index (κ1) is 26.0. The van der Waals surface area contributed by atoms with Gasteiger partial charge in [-0.2, -0.15) is 13.6 Å². The number of phosphoric acid groups is 3. The molecule has 1 aromatic rings. The number of hydrogen-bond donors (Lipinski definition) is 7. The fourth-order valence-electron chi connectivity index (χ4n) is 2.18. The minimum absolute atomic E-state index is 0.0439. The SMILES string of the molecule is Cc1cn(OP(=O)(O[C@]2(O)C[C@H](O)[C@@H](CO)O2)OP(=O)(O)OP(=O)(O)O)c(=O)nc1N. The molecule has 0 aromatic carbocycles. The smallest absolute Gasteiger partial charge is 0.394 e. The summed E-state index contributed by atoms with van der Waals surface area (Å²) in [5.41, 5.74) is 4.12.